The fourth-order valence-corrected chi connectivity index (χ4v) is 3.43. The highest BCUT2D eigenvalue weighted by Crippen LogP contribution is 2.32. The molecule has 0 unspecified atom stereocenters. The largest absolute Gasteiger partial charge is 0.506 e. The van der Waals surface area contributed by atoms with E-state index in [4.69, 9.17) is 8.83 Å². The summed E-state index contributed by atoms with van der Waals surface area (Å²) in [5.74, 6) is 0.849. The van der Waals surface area contributed by atoms with E-state index in [1.165, 1.54) is 6.26 Å². The molecule has 2 aromatic heterocycles. The molecule has 3 aromatic rings. The third-order valence-corrected chi connectivity index (χ3v) is 5.01. The second kappa shape index (κ2) is 7.72. The Hall–Kier alpha value is -3.73. The Kier molecular flexibility index (Phi) is 4.96. The first-order valence-electron chi connectivity index (χ1n) is 9.35. The summed E-state index contributed by atoms with van der Waals surface area (Å²) in [5, 5.41) is 22.1. The second-order valence-corrected chi connectivity index (χ2v) is 7.03. The number of aromatic nitrogens is 1. The maximum absolute atomic E-state index is 12.6. The maximum atomic E-state index is 12.6. The number of phenols is 1. The molecule has 1 fully saturated rings. The number of nitriles is 1. The van der Waals surface area contributed by atoms with Crippen LogP contribution < -0.4 is 10.2 Å². The number of benzene rings is 1. The number of nitrogens with one attached hydrogen (secondary N) is 1. The Labute approximate surface area is 167 Å². The normalized spacial score (nSPS) is 14.6. The lowest BCUT2D eigenvalue weighted by molar-refractivity contribution is -0.120. The zero-order chi connectivity index (χ0) is 20.4. The van der Waals surface area contributed by atoms with Crippen molar-refractivity contribution < 1.29 is 18.7 Å². The number of hydrogen-bond acceptors (Lipinski definition) is 7. The molecule has 1 amide bonds. The molecule has 1 aliphatic heterocycles. The van der Waals surface area contributed by atoms with Gasteiger partial charge in [0.15, 0.2) is 5.76 Å². The lowest BCUT2D eigenvalue weighted by Crippen LogP contribution is -2.38. The van der Waals surface area contributed by atoms with Crippen molar-refractivity contribution in [2.24, 2.45) is 5.92 Å². The van der Waals surface area contributed by atoms with Gasteiger partial charge in [0.1, 0.15) is 11.8 Å². The van der Waals surface area contributed by atoms with Crippen molar-refractivity contribution in [2.75, 3.05) is 23.3 Å². The van der Waals surface area contributed by atoms with Crippen molar-refractivity contribution in [2.45, 2.75) is 19.8 Å². The van der Waals surface area contributed by atoms with Crippen LogP contribution in [0, 0.1) is 24.2 Å². The minimum Gasteiger partial charge on any atom is -0.506 e. The quantitative estimate of drug-likeness (QED) is 0.651. The number of rotatable bonds is 4. The molecule has 1 aromatic carbocycles. The number of piperidine rings is 1. The van der Waals surface area contributed by atoms with E-state index < -0.39 is 0 Å². The van der Waals surface area contributed by atoms with E-state index in [1.807, 2.05) is 11.8 Å². The summed E-state index contributed by atoms with van der Waals surface area (Å²) in [6.45, 7) is 3.01. The number of carbonyl (C=O) groups excluding carboxylic acids is 1. The third kappa shape index (κ3) is 3.80. The Morgan fingerprint density at radius 3 is 2.83 bits per heavy atom. The molecule has 1 saturated heterocycles. The number of phenolic OH excluding ortho intramolecular Hbond substituents is 1. The van der Waals surface area contributed by atoms with Crippen LogP contribution in [0.5, 0.6) is 5.75 Å². The Morgan fingerprint density at radius 1 is 1.34 bits per heavy atom. The second-order valence-electron chi connectivity index (χ2n) is 7.03. The van der Waals surface area contributed by atoms with Crippen molar-refractivity contribution in [3.05, 3.63) is 47.9 Å². The summed E-state index contributed by atoms with van der Waals surface area (Å²) in [6.07, 6.45) is 2.71. The van der Waals surface area contributed by atoms with Crippen LogP contribution in [0.15, 0.2) is 45.4 Å². The summed E-state index contributed by atoms with van der Waals surface area (Å²) < 4.78 is 11.1. The number of nitrogens with zero attached hydrogens (tertiary/aromatic N) is 3. The molecule has 0 saturated carbocycles. The van der Waals surface area contributed by atoms with Gasteiger partial charge in [0.25, 0.3) is 5.89 Å². The van der Waals surface area contributed by atoms with Gasteiger partial charge in [-0.05, 0) is 49.6 Å². The predicted octanol–water partition coefficient (Wildman–Crippen LogP) is 3.68. The Bertz CT molecular complexity index is 1060. The molecule has 2 N–H and O–H groups in total. The highest BCUT2D eigenvalue weighted by atomic mass is 16.4. The number of aryl methyl sites for hydroxylation is 1. The smallest absolute Gasteiger partial charge is 0.266 e. The number of hydrogen-bond donors (Lipinski definition) is 2. The molecule has 0 atom stereocenters. The first-order chi connectivity index (χ1) is 14.0. The van der Waals surface area contributed by atoms with Gasteiger partial charge in [-0.1, -0.05) is 6.07 Å². The molecule has 0 radical (unpaired) electrons. The average molecular weight is 392 g/mol. The van der Waals surface area contributed by atoms with E-state index in [0.717, 1.165) is 5.56 Å². The average Bonchev–Trinajstić information content (AvgIpc) is 3.40. The molecule has 0 bridgehead atoms. The van der Waals surface area contributed by atoms with E-state index in [-0.39, 0.29) is 29.2 Å². The van der Waals surface area contributed by atoms with Crippen LogP contribution in [0.1, 0.15) is 24.1 Å². The third-order valence-electron chi connectivity index (χ3n) is 5.01. The molecule has 29 heavy (non-hydrogen) atoms. The van der Waals surface area contributed by atoms with Crippen LogP contribution in [0.2, 0.25) is 0 Å². The molecule has 148 valence electrons. The molecule has 8 heteroatoms. The summed E-state index contributed by atoms with van der Waals surface area (Å²) in [5.41, 5.74) is 1.57. The van der Waals surface area contributed by atoms with E-state index in [2.05, 4.69) is 16.4 Å². The standard InChI is InChI=1S/C21H20N4O4/c1-13-4-5-17(26)15(11-13)23-19(27)14-6-8-25(9-7-14)21-16(12-22)24-20(29-21)18-3-2-10-28-18/h2-5,10-11,14,26H,6-9H2,1H3,(H,23,27). The number of furan rings is 1. The van der Waals surface area contributed by atoms with Gasteiger partial charge in [-0.25, -0.2) is 0 Å². The lowest BCUT2D eigenvalue weighted by Gasteiger charge is -2.31. The minimum atomic E-state index is -0.191. The SMILES string of the molecule is Cc1ccc(O)c(NC(=O)C2CCN(c3oc(-c4ccco4)nc3C#N)CC2)c1. The Balaban J connectivity index is 1.42. The van der Waals surface area contributed by atoms with Crippen LogP contribution in [0.25, 0.3) is 11.7 Å². The van der Waals surface area contributed by atoms with Gasteiger partial charge in [-0.2, -0.15) is 10.2 Å². The van der Waals surface area contributed by atoms with Gasteiger partial charge in [-0.15, -0.1) is 0 Å². The summed E-state index contributed by atoms with van der Waals surface area (Å²) in [4.78, 5) is 18.7. The number of carbonyl (C=O) groups is 1. The van der Waals surface area contributed by atoms with Crippen molar-refractivity contribution in [1.82, 2.24) is 4.98 Å². The van der Waals surface area contributed by atoms with Crippen molar-refractivity contribution in [1.29, 1.82) is 5.26 Å². The Morgan fingerprint density at radius 2 is 2.14 bits per heavy atom. The van der Waals surface area contributed by atoms with Gasteiger partial charge >= 0.3 is 0 Å². The summed E-state index contributed by atoms with van der Waals surface area (Å²) in [7, 11) is 0. The first-order valence-corrected chi connectivity index (χ1v) is 9.35. The van der Waals surface area contributed by atoms with Crippen LogP contribution in [-0.4, -0.2) is 29.1 Å². The zero-order valence-electron chi connectivity index (χ0n) is 15.9. The van der Waals surface area contributed by atoms with Gasteiger partial charge in [-0.3, -0.25) is 4.79 Å². The number of amides is 1. The van der Waals surface area contributed by atoms with E-state index >= 15 is 0 Å². The van der Waals surface area contributed by atoms with Crippen LogP contribution in [0.3, 0.4) is 0 Å². The molecule has 1 aliphatic rings. The highest BCUT2D eigenvalue weighted by Gasteiger charge is 2.29. The zero-order valence-corrected chi connectivity index (χ0v) is 15.9. The summed E-state index contributed by atoms with van der Waals surface area (Å²) >= 11 is 0. The van der Waals surface area contributed by atoms with E-state index in [1.54, 1.807) is 30.3 Å². The van der Waals surface area contributed by atoms with Crippen molar-refractivity contribution >= 4 is 17.5 Å². The van der Waals surface area contributed by atoms with E-state index in [0.29, 0.717) is 43.3 Å². The van der Waals surface area contributed by atoms with Crippen molar-refractivity contribution in [3.8, 4) is 23.5 Å². The topological polar surface area (TPSA) is 116 Å². The molecule has 3 heterocycles. The number of aromatic hydroxyl groups is 1. The van der Waals surface area contributed by atoms with Crippen LogP contribution in [0.4, 0.5) is 11.6 Å². The van der Waals surface area contributed by atoms with Gasteiger partial charge in [0.2, 0.25) is 17.5 Å². The minimum absolute atomic E-state index is 0.0483. The number of anilines is 2. The fraction of sp³-hybridized carbons (Fsp3) is 0.286. The molecular weight excluding hydrogens is 372 g/mol. The lowest BCUT2D eigenvalue weighted by atomic mass is 9.95. The molecular formula is C21H20N4O4. The summed E-state index contributed by atoms with van der Waals surface area (Å²) in [6, 6.07) is 10.6. The van der Waals surface area contributed by atoms with Crippen LogP contribution >= 0.6 is 0 Å². The first kappa shape index (κ1) is 18.6. The van der Waals surface area contributed by atoms with Gasteiger partial charge in [0.05, 0.1) is 12.0 Å². The molecule has 4 rings (SSSR count). The molecule has 8 nitrogen and oxygen atoms in total. The fourth-order valence-electron chi connectivity index (χ4n) is 3.43. The van der Waals surface area contributed by atoms with Gasteiger partial charge in [0, 0.05) is 19.0 Å². The maximum Gasteiger partial charge on any atom is 0.266 e. The highest BCUT2D eigenvalue weighted by molar-refractivity contribution is 5.94. The monoisotopic (exact) mass is 392 g/mol. The molecule has 0 spiro atoms. The van der Waals surface area contributed by atoms with Crippen LogP contribution in [-0.2, 0) is 4.79 Å². The van der Waals surface area contributed by atoms with Gasteiger partial charge < -0.3 is 24.2 Å². The predicted molar refractivity (Wildman–Crippen MR) is 105 cm³/mol. The van der Waals surface area contributed by atoms with E-state index in [9.17, 15) is 15.2 Å². The molecule has 0 aliphatic carbocycles. The number of oxazole rings is 1. The van der Waals surface area contributed by atoms with Crippen molar-refractivity contribution in [3.63, 3.8) is 0 Å².